The van der Waals surface area contributed by atoms with Crippen LogP contribution in [0.15, 0.2) is 30.5 Å². The Bertz CT molecular complexity index is 1240. The maximum absolute atomic E-state index is 13.0. The van der Waals surface area contributed by atoms with Crippen molar-refractivity contribution < 1.29 is 4.79 Å². The summed E-state index contributed by atoms with van der Waals surface area (Å²) in [6.45, 7) is 4.12. The molecule has 1 spiro atoms. The van der Waals surface area contributed by atoms with Gasteiger partial charge in [-0.15, -0.1) is 0 Å². The molecule has 2 aliphatic carbocycles. The Morgan fingerprint density at radius 2 is 1.94 bits per heavy atom. The number of amides is 1. The molecule has 0 bridgehead atoms. The first-order chi connectivity index (χ1) is 15.8. The average molecular weight is 442 g/mol. The van der Waals surface area contributed by atoms with Crippen LogP contribution >= 0.6 is 0 Å². The molecule has 1 amide bonds. The quantitative estimate of drug-likeness (QED) is 0.567. The molecule has 0 unspecified atom stereocenters. The topological polar surface area (TPSA) is 96.7 Å². The maximum atomic E-state index is 13.0. The predicted octanol–water partition coefficient (Wildman–Crippen LogP) is 4.12. The molecule has 3 heterocycles. The summed E-state index contributed by atoms with van der Waals surface area (Å²) >= 11 is 0. The van der Waals surface area contributed by atoms with E-state index in [2.05, 4.69) is 53.4 Å². The van der Waals surface area contributed by atoms with Crippen molar-refractivity contribution in [3.05, 3.63) is 58.4 Å². The van der Waals surface area contributed by atoms with Crippen LogP contribution in [0.5, 0.6) is 0 Å². The molecule has 1 aromatic carbocycles. The smallest absolute Gasteiger partial charge is 0.253 e. The number of aromatic nitrogens is 3. The number of H-pyrrole nitrogens is 1. The van der Waals surface area contributed by atoms with Crippen LogP contribution < -0.4 is 11.1 Å². The largest absolute Gasteiger partial charge is 0.356 e. The summed E-state index contributed by atoms with van der Waals surface area (Å²) in [6.07, 6.45) is 9.80. The van der Waals surface area contributed by atoms with Gasteiger partial charge < -0.3 is 16.0 Å². The van der Waals surface area contributed by atoms with E-state index in [4.69, 9.17) is 10.7 Å². The molecule has 6 nitrogen and oxygen atoms in total. The van der Waals surface area contributed by atoms with Crippen LogP contribution in [0.4, 0.5) is 0 Å². The van der Waals surface area contributed by atoms with E-state index in [0.717, 1.165) is 90.1 Å². The lowest BCUT2D eigenvalue weighted by Gasteiger charge is -2.45. The summed E-state index contributed by atoms with van der Waals surface area (Å²) in [5.41, 5.74) is 14.4. The standard InChI is InChI=1S/C27H31N5O/c1-26(2,28)13-10-16-4-6-17(7-5-16)24-29-15-18-8-9-19-21-20(30-23(19)22(18)31-24)14-27(11-3-12-27)32-25(21)33/h4-7,15,30H,3,8-14,28H2,1-2H3,(H,32,33). The molecular weight excluding hydrogens is 410 g/mol. The van der Waals surface area contributed by atoms with Gasteiger partial charge in [0, 0.05) is 35.0 Å². The number of hydrogen-bond acceptors (Lipinski definition) is 4. The molecule has 1 saturated carbocycles. The number of hydrogen-bond donors (Lipinski definition) is 3. The maximum Gasteiger partial charge on any atom is 0.253 e. The Morgan fingerprint density at radius 3 is 2.64 bits per heavy atom. The Kier molecular flexibility index (Phi) is 4.53. The first-order valence-corrected chi connectivity index (χ1v) is 12.1. The second-order valence-electron chi connectivity index (χ2n) is 10.8. The fourth-order valence-corrected chi connectivity index (χ4v) is 5.54. The molecule has 0 atom stereocenters. The van der Waals surface area contributed by atoms with Gasteiger partial charge in [-0.2, -0.15) is 0 Å². The van der Waals surface area contributed by atoms with E-state index in [-0.39, 0.29) is 17.0 Å². The van der Waals surface area contributed by atoms with Crippen molar-refractivity contribution in [1.82, 2.24) is 20.3 Å². The third-order valence-corrected chi connectivity index (χ3v) is 7.63. The van der Waals surface area contributed by atoms with E-state index in [0.29, 0.717) is 0 Å². The van der Waals surface area contributed by atoms with Crippen molar-refractivity contribution in [1.29, 1.82) is 0 Å². The molecule has 1 fully saturated rings. The number of nitrogens with one attached hydrogen (secondary N) is 2. The van der Waals surface area contributed by atoms with Gasteiger partial charge in [0.05, 0.1) is 17.0 Å². The number of aryl methyl sites for hydroxylation is 2. The van der Waals surface area contributed by atoms with Gasteiger partial charge in [-0.3, -0.25) is 4.79 Å². The number of aromatic amines is 1. The summed E-state index contributed by atoms with van der Waals surface area (Å²) in [7, 11) is 0. The molecule has 6 rings (SSSR count). The Hall–Kier alpha value is -2.99. The van der Waals surface area contributed by atoms with E-state index < -0.39 is 0 Å². The monoisotopic (exact) mass is 441 g/mol. The third-order valence-electron chi connectivity index (χ3n) is 7.63. The summed E-state index contributed by atoms with van der Waals surface area (Å²) in [5, 5.41) is 3.31. The second-order valence-corrected chi connectivity index (χ2v) is 10.8. The number of nitrogens with zero attached hydrogens (tertiary/aromatic N) is 2. The molecule has 170 valence electrons. The highest BCUT2D eigenvalue weighted by molar-refractivity contribution is 6.01. The summed E-state index contributed by atoms with van der Waals surface area (Å²) < 4.78 is 0. The van der Waals surface area contributed by atoms with Gasteiger partial charge in [-0.1, -0.05) is 24.3 Å². The molecular formula is C27H31N5O. The molecule has 1 aliphatic heterocycles. The van der Waals surface area contributed by atoms with E-state index in [1.807, 2.05) is 6.20 Å². The highest BCUT2D eigenvalue weighted by Gasteiger charge is 2.45. The van der Waals surface area contributed by atoms with Crippen molar-refractivity contribution in [2.24, 2.45) is 5.73 Å². The molecule has 33 heavy (non-hydrogen) atoms. The molecule has 6 heteroatoms. The van der Waals surface area contributed by atoms with Gasteiger partial charge in [0.25, 0.3) is 5.91 Å². The van der Waals surface area contributed by atoms with Gasteiger partial charge in [-0.05, 0) is 75.5 Å². The van der Waals surface area contributed by atoms with Crippen LogP contribution in [0.3, 0.4) is 0 Å². The lowest BCUT2D eigenvalue weighted by atomic mass is 9.71. The lowest BCUT2D eigenvalue weighted by Crippen LogP contribution is -2.57. The Labute approximate surface area is 194 Å². The molecule has 4 N–H and O–H groups in total. The third kappa shape index (κ3) is 3.57. The highest BCUT2D eigenvalue weighted by Crippen LogP contribution is 2.43. The van der Waals surface area contributed by atoms with Gasteiger partial charge >= 0.3 is 0 Å². The van der Waals surface area contributed by atoms with Gasteiger partial charge in [0.2, 0.25) is 0 Å². The van der Waals surface area contributed by atoms with E-state index in [9.17, 15) is 4.79 Å². The molecule has 3 aromatic rings. The van der Waals surface area contributed by atoms with Crippen LogP contribution in [-0.2, 0) is 25.7 Å². The fourth-order valence-electron chi connectivity index (χ4n) is 5.54. The SMILES string of the molecule is CC(C)(N)CCc1ccc(-c2ncc3c(n2)-c2[nH]c4c(c2CC3)C(=O)NC2(CCC2)C4)cc1. The zero-order valence-electron chi connectivity index (χ0n) is 19.4. The van der Waals surface area contributed by atoms with E-state index in [1.54, 1.807) is 0 Å². The molecule has 0 radical (unpaired) electrons. The van der Waals surface area contributed by atoms with Gasteiger partial charge in [0.1, 0.15) is 0 Å². The Morgan fingerprint density at radius 1 is 1.15 bits per heavy atom. The second kappa shape index (κ2) is 7.26. The summed E-state index contributed by atoms with van der Waals surface area (Å²) in [5.74, 6) is 0.808. The van der Waals surface area contributed by atoms with Crippen LogP contribution in [0.1, 0.15) is 72.3 Å². The van der Waals surface area contributed by atoms with Crippen molar-refractivity contribution in [3.8, 4) is 22.8 Å². The first kappa shape index (κ1) is 20.6. The zero-order valence-corrected chi connectivity index (χ0v) is 19.4. The number of rotatable bonds is 4. The minimum absolute atomic E-state index is 0.0297. The minimum Gasteiger partial charge on any atom is -0.356 e. The number of carbonyl (C=O) groups excluding carboxylic acids is 1. The van der Waals surface area contributed by atoms with Crippen LogP contribution in [0, 0.1) is 0 Å². The fraction of sp³-hybridized carbons (Fsp3) is 0.444. The number of carbonyl (C=O) groups is 1. The summed E-state index contributed by atoms with van der Waals surface area (Å²) in [4.78, 5) is 26.3. The normalized spacial score (nSPS) is 18.2. The molecule has 0 saturated heterocycles. The van der Waals surface area contributed by atoms with Crippen LogP contribution in [-0.4, -0.2) is 31.9 Å². The van der Waals surface area contributed by atoms with Crippen molar-refractivity contribution in [2.75, 3.05) is 0 Å². The Balaban J connectivity index is 1.32. The van der Waals surface area contributed by atoms with Crippen molar-refractivity contribution in [2.45, 2.75) is 76.3 Å². The zero-order chi connectivity index (χ0) is 22.8. The number of nitrogens with two attached hydrogens (primary N) is 1. The minimum atomic E-state index is -0.164. The van der Waals surface area contributed by atoms with E-state index >= 15 is 0 Å². The average Bonchev–Trinajstić information content (AvgIpc) is 3.15. The molecule has 2 aromatic heterocycles. The number of fused-ring (bicyclic) bond motifs is 5. The van der Waals surface area contributed by atoms with E-state index in [1.165, 1.54) is 12.0 Å². The van der Waals surface area contributed by atoms with Crippen molar-refractivity contribution >= 4 is 5.91 Å². The van der Waals surface area contributed by atoms with Gasteiger partial charge in [0.15, 0.2) is 5.82 Å². The predicted molar refractivity (Wildman–Crippen MR) is 129 cm³/mol. The van der Waals surface area contributed by atoms with Gasteiger partial charge in [-0.25, -0.2) is 9.97 Å². The van der Waals surface area contributed by atoms with Crippen LogP contribution in [0.2, 0.25) is 0 Å². The lowest BCUT2D eigenvalue weighted by molar-refractivity contribution is 0.0793. The number of benzene rings is 1. The molecule has 3 aliphatic rings. The summed E-state index contributed by atoms with van der Waals surface area (Å²) in [6, 6.07) is 8.48. The van der Waals surface area contributed by atoms with Crippen molar-refractivity contribution in [3.63, 3.8) is 0 Å². The first-order valence-electron chi connectivity index (χ1n) is 12.1. The highest BCUT2D eigenvalue weighted by atomic mass is 16.2. The van der Waals surface area contributed by atoms with Crippen LogP contribution in [0.25, 0.3) is 22.8 Å².